The predicted molar refractivity (Wildman–Crippen MR) is 63.0 cm³/mol. The molecule has 3 nitrogen and oxygen atoms in total. The molecule has 0 spiro atoms. The molecule has 1 amide bonds. The number of thioether (sulfide) groups is 2. The fraction of sp³-hybridized carbons (Fsp3) is 0.889. The van der Waals surface area contributed by atoms with Crippen molar-refractivity contribution in [1.82, 2.24) is 10.6 Å². The van der Waals surface area contributed by atoms with Crippen LogP contribution in [-0.2, 0) is 4.79 Å². The van der Waals surface area contributed by atoms with E-state index < -0.39 is 0 Å². The highest BCUT2D eigenvalue weighted by Crippen LogP contribution is 2.23. The Morgan fingerprint density at radius 3 is 2.93 bits per heavy atom. The second-order valence-corrected chi connectivity index (χ2v) is 6.17. The number of carbonyl (C=O) groups is 1. The summed E-state index contributed by atoms with van der Waals surface area (Å²) in [7, 11) is 0. The van der Waals surface area contributed by atoms with Crippen LogP contribution < -0.4 is 10.6 Å². The molecule has 1 unspecified atom stereocenters. The Bertz CT molecular complexity index is 203. The van der Waals surface area contributed by atoms with Crippen LogP contribution in [0, 0.1) is 0 Å². The largest absolute Gasteiger partial charge is 0.354 e. The van der Waals surface area contributed by atoms with Crippen LogP contribution in [0.15, 0.2) is 0 Å². The number of rotatable bonds is 3. The van der Waals surface area contributed by atoms with Crippen molar-refractivity contribution >= 4 is 29.4 Å². The highest BCUT2D eigenvalue weighted by Gasteiger charge is 2.25. The van der Waals surface area contributed by atoms with Gasteiger partial charge in [-0.2, -0.15) is 23.5 Å². The van der Waals surface area contributed by atoms with E-state index in [1.54, 1.807) is 0 Å². The van der Waals surface area contributed by atoms with Crippen molar-refractivity contribution in [3.63, 3.8) is 0 Å². The molecule has 0 aromatic heterocycles. The number of nitrogens with one attached hydrogen (secondary N) is 2. The van der Waals surface area contributed by atoms with Crippen molar-refractivity contribution in [2.45, 2.75) is 17.7 Å². The lowest BCUT2D eigenvalue weighted by Gasteiger charge is -2.28. The van der Waals surface area contributed by atoms with Gasteiger partial charge in [0.05, 0.1) is 6.04 Å². The van der Waals surface area contributed by atoms with Crippen LogP contribution in [0.1, 0.15) is 6.42 Å². The van der Waals surface area contributed by atoms with Crippen LogP contribution >= 0.6 is 23.5 Å². The van der Waals surface area contributed by atoms with Gasteiger partial charge in [-0.3, -0.25) is 4.79 Å². The highest BCUT2D eigenvalue weighted by atomic mass is 32.2. The van der Waals surface area contributed by atoms with E-state index in [0.29, 0.717) is 5.25 Å². The summed E-state index contributed by atoms with van der Waals surface area (Å²) in [4.78, 5) is 11.5. The molecule has 0 bridgehead atoms. The summed E-state index contributed by atoms with van der Waals surface area (Å²) in [5.74, 6) is 3.86. The molecule has 0 aliphatic carbocycles. The first-order chi connectivity index (χ1) is 6.86. The third-order valence-electron chi connectivity index (χ3n) is 2.53. The number of hydrogen-bond donors (Lipinski definition) is 2. The molecule has 80 valence electrons. The van der Waals surface area contributed by atoms with E-state index in [4.69, 9.17) is 0 Å². The van der Waals surface area contributed by atoms with Gasteiger partial charge in [0.25, 0.3) is 0 Å². The van der Waals surface area contributed by atoms with Crippen molar-refractivity contribution in [3.05, 3.63) is 0 Å². The van der Waals surface area contributed by atoms with Crippen LogP contribution in [0.3, 0.4) is 0 Å². The molecule has 2 aliphatic rings. The summed E-state index contributed by atoms with van der Waals surface area (Å²) in [6, 6.07) is 0.0937. The standard InChI is InChI=1S/C9H16N2OS2/c12-9(8-1-2-10-8)11-5-7-6-13-3-4-14-7/h7-8,10H,1-6H2,(H,11,12)/t7?,8-/m1/s1. The summed E-state index contributed by atoms with van der Waals surface area (Å²) >= 11 is 3.98. The zero-order valence-electron chi connectivity index (χ0n) is 8.12. The van der Waals surface area contributed by atoms with E-state index >= 15 is 0 Å². The maximum atomic E-state index is 11.5. The van der Waals surface area contributed by atoms with Crippen LogP contribution in [0.4, 0.5) is 0 Å². The van der Waals surface area contributed by atoms with Crippen molar-refractivity contribution in [2.24, 2.45) is 0 Å². The minimum atomic E-state index is 0.0937. The zero-order chi connectivity index (χ0) is 9.80. The molecule has 2 aliphatic heterocycles. The lowest BCUT2D eigenvalue weighted by atomic mass is 10.1. The van der Waals surface area contributed by atoms with Crippen molar-refractivity contribution in [3.8, 4) is 0 Å². The highest BCUT2D eigenvalue weighted by molar-refractivity contribution is 8.06. The third-order valence-corrected chi connectivity index (χ3v) is 5.37. The lowest BCUT2D eigenvalue weighted by Crippen LogP contribution is -2.54. The van der Waals surface area contributed by atoms with E-state index in [9.17, 15) is 4.79 Å². The van der Waals surface area contributed by atoms with Gasteiger partial charge >= 0.3 is 0 Å². The predicted octanol–water partition coefficient (Wildman–Crippen LogP) is 0.313. The number of amides is 1. The zero-order valence-corrected chi connectivity index (χ0v) is 9.76. The summed E-state index contributed by atoms with van der Waals surface area (Å²) in [6.07, 6.45) is 0.998. The third kappa shape index (κ3) is 2.81. The maximum absolute atomic E-state index is 11.5. The summed E-state index contributed by atoms with van der Waals surface area (Å²) in [6.45, 7) is 1.83. The first kappa shape index (κ1) is 10.6. The van der Waals surface area contributed by atoms with Crippen LogP contribution in [-0.4, -0.2) is 47.5 Å². The molecule has 0 aromatic carbocycles. The molecule has 2 fully saturated rings. The minimum absolute atomic E-state index is 0.0937. The molecular weight excluding hydrogens is 216 g/mol. The molecular formula is C9H16N2OS2. The van der Waals surface area contributed by atoms with Gasteiger partial charge in [-0.05, 0) is 13.0 Å². The molecule has 0 saturated carbocycles. The van der Waals surface area contributed by atoms with E-state index in [-0.39, 0.29) is 11.9 Å². The van der Waals surface area contributed by atoms with E-state index in [0.717, 1.165) is 19.5 Å². The van der Waals surface area contributed by atoms with Crippen molar-refractivity contribution in [2.75, 3.05) is 30.3 Å². The molecule has 14 heavy (non-hydrogen) atoms. The SMILES string of the molecule is O=C(NCC1CSCCS1)[C@H]1CCN1. The molecule has 5 heteroatoms. The Morgan fingerprint density at radius 2 is 2.36 bits per heavy atom. The first-order valence-electron chi connectivity index (χ1n) is 5.07. The minimum Gasteiger partial charge on any atom is -0.354 e. The smallest absolute Gasteiger partial charge is 0.237 e. The topological polar surface area (TPSA) is 41.1 Å². The van der Waals surface area contributed by atoms with Crippen molar-refractivity contribution < 1.29 is 4.79 Å². The Kier molecular flexibility index (Phi) is 4.01. The summed E-state index contributed by atoms with van der Waals surface area (Å²) in [5.41, 5.74) is 0. The van der Waals surface area contributed by atoms with Gasteiger partial charge in [0.1, 0.15) is 0 Å². The van der Waals surface area contributed by atoms with Crippen LogP contribution in [0.5, 0.6) is 0 Å². The second kappa shape index (κ2) is 5.28. The Morgan fingerprint density at radius 1 is 1.50 bits per heavy atom. The van der Waals surface area contributed by atoms with E-state index in [2.05, 4.69) is 10.6 Å². The van der Waals surface area contributed by atoms with Crippen LogP contribution in [0.25, 0.3) is 0 Å². The van der Waals surface area contributed by atoms with Crippen molar-refractivity contribution in [1.29, 1.82) is 0 Å². The molecule has 2 rings (SSSR count). The lowest BCUT2D eigenvalue weighted by molar-refractivity contribution is -0.124. The maximum Gasteiger partial charge on any atom is 0.237 e. The van der Waals surface area contributed by atoms with Gasteiger partial charge in [0.2, 0.25) is 5.91 Å². The van der Waals surface area contributed by atoms with Gasteiger partial charge in [0.15, 0.2) is 0 Å². The summed E-state index contributed by atoms with van der Waals surface area (Å²) in [5, 5.41) is 6.75. The van der Waals surface area contributed by atoms with Gasteiger partial charge < -0.3 is 10.6 Å². The van der Waals surface area contributed by atoms with E-state index in [1.165, 1.54) is 17.3 Å². The monoisotopic (exact) mass is 232 g/mol. The van der Waals surface area contributed by atoms with Gasteiger partial charge in [-0.15, -0.1) is 0 Å². The molecule has 0 radical (unpaired) electrons. The average molecular weight is 232 g/mol. The molecule has 2 N–H and O–H groups in total. The van der Waals surface area contributed by atoms with Gasteiger partial charge in [-0.25, -0.2) is 0 Å². The number of hydrogen-bond acceptors (Lipinski definition) is 4. The first-order valence-corrected chi connectivity index (χ1v) is 7.27. The van der Waals surface area contributed by atoms with Gasteiger partial charge in [-0.1, -0.05) is 0 Å². The Balaban J connectivity index is 1.62. The fourth-order valence-electron chi connectivity index (χ4n) is 1.50. The van der Waals surface area contributed by atoms with Crippen LogP contribution in [0.2, 0.25) is 0 Å². The second-order valence-electron chi connectivity index (χ2n) is 3.61. The quantitative estimate of drug-likeness (QED) is 0.735. The summed E-state index contributed by atoms with van der Waals surface area (Å²) < 4.78 is 0. The van der Waals surface area contributed by atoms with Gasteiger partial charge in [0, 0.05) is 29.1 Å². The molecule has 2 atom stereocenters. The molecule has 2 saturated heterocycles. The average Bonchev–Trinajstić information content (AvgIpc) is 2.14. The Labute approximate surface area is 93.2 Å². The van der Waals surface area contributed by atoms with E-state index in [1.807, 2.05) is 23.5 Å². The number of carbonyl (C=O) groups excluding carboxylic acids is 1. The fourth-order valence-corrected chi connectivity index (χ4v) is 4.12. The Hall–Kier alpha value is 0.130. The molecule has 0 aromatic rings. The molecule has 2 heterocycles. The normalized spacial score (nSPS) is 32.0.